The molecule has 3 heterocycles. The molecule has 12 N–H and O–H groups in total. The maximum atomic E-state index is 13.4. The first kappa shape index (κ1) is 82.8. The van der Waals surface area contributed by atoms with Crippen molar-refractivity contribution in [2.45, 2.75) is 407 Å². The summed E-state index contributed by atoms with van der Waals surface area (Å²) in [6.07, 6.45) is 33.5. The first-order valence-electron chi connectivity index (χ1n) is 36.9. The van der Waals surface area contributed by atoms with E-state index < -0.39 is 124 Å². The highest BCUT2D eigenvalue weighted by molar-refractivity contribution is 5.76. The zero-order valence-electron chi connectivity index (χ0n) is 56.4. The molecule has 19 heteroatoms. The van der Waals surface area contributed by atoms with Crippen LogP contribution in [0.5, 0.6) is 0 Å². The fraction of sp³-hybridized carbons (Fsp3) is 0.958. The number of nitrogens with one attached hydrogen (secondary N) is 1. The molecule has 0 aromatic carbocycles. The van der Waals surface area contributed by atoms with E-state index in [1.807, 2.05) is 0 Å². The van der Waals surface area contributed by atoms with Crippen LogP contribution >= 0.6 is 0 Å². The van der Waals surface area contributed by atoms with E-state index >= 15 is 0 Å². The molecule has 17 atom stereocenters. The largest absolute Gasteiger partial charge is 0.394 e. The fourth-order valence-corrected chi connectivity index (χ4v) is 12.8. The number of aliphatic hydroxyl groups excluding tert-OH is 11. The fourth-order valence-electron chi connectivity index (χ4n) is 12.8. The van der Waals surface area contributed by atoms with Crippen molar-refractivity contribution in [3.8, 4) is 0 Å². The van der Waals surface area contributed by atoms with Gasteiger partial charge < -0.3 is 89.9 Å². The van der Waals surface area contributed by atoms with Gasteiger partial charge in [-0.2, -0.15) is 0 Å². The van der Waals surface area contributed by atoms with E-state index in [0.29, 0.717) is 12.8 Å². The SMILES string of the molecule is CCCCCCCCCC/C=C\CCCCCCCCCCCCCCCCCCCCCCCCCC(=O)NC(COC1OC(CO)C(OC2OC(CO)C(OC3OC(CO)C(O)C(O)C3O)C(O)C2O)C(O)C1O)C(O)CCCCCCCCCCCC. The zero-order chi connectivity index (χ0) is 65.4. The Morgan fingerprint density at radius 3 is 1.08 bits per heavy atom. The lowest BCUT2D eigenvalue weighted by atomic mass is 9.96. The Morgan fingerprint density at radius 2 is 0.700 bits per heavy atom. The Balaban J connectivity index is 1.29. The Kier molecular flexibility index (Phi) is 49.3. The van der Waals surface area contributed by atoms with E-state index in [1.54, 1.807) is 0 Å². The molecule has 19 nitrogen and oxygen atoms in total. The van der Waals surface area contributed by atoms with E-state index in [-0.39, 0.29) is 18.9 Å². The first-order valence-corrected chi connectivity index (χ1v) is 36.9. The third kappa shape index (κ3) is 35.0. The van der Waals surface area contributed by atoms with Gasteiger partial charge in [0.25, 0.3) is 0 Å². The summed E-state index contributed by atoms with van der Waals surface area (Å²) in [6, 6.07) is -0.881. The molecule has 3 aliphatic rings. The molecule has 3 rings (SSSR count). The van der Waals surface area contributed by atoms with Gasteiger partial charge in [0, 0.05) is 6.42 Å². The second-order valence-corrected chi connectivity index (χ2v) is 26.8. The summed E-state index contributed by atoms with van der Waals surface area (Å²) in [5.41, 5.74) is 0. The molecule has 0 aliphatic carbocycles. The van der Waals surface area contributed by atoms with Crippen LogP contribution in [0.1, 0.15) is 303 Å². The lowest BCUT2D eigenvalue weighted by Crippen LogP contribution is -2.66. The zero-order valence-corrected chi connectivity index (χ0v) is 56.4. The number of ether oxygens (including phenoxy) is 6. The van der Waals surface area contributed by atoms with Gasteiger partial charge in [0.2, 0.25) is 5.91 Å². The van der Waals surface area contributed by atoms with Gasteiger partial charge >= 0.3 is 0 Å². The van der Waals surface area contributed by atoms with Crippen LogP contribution in [-0.4, -0.2) is 193 Å². The Hall–Kier alpha value is -1.47. The number of hydrogen-bond donors (Lipinski definition) is 12. The molecule has 90 heavy (non-hydrogen) atoms. The molecule has 0 aromatic heterocycles. The average Bonchev–Trinajstić information content (AvgIpc) is 1.08. The number of unbranched alkanes of at least 4 members (excludes halogenated alkanes) is 40. The summed E-state index contributed by atoms with van der Waals surface area (Å²) in [5, 5.41) is 120. The number of rotatable bonds is 58. The standard InChI is InChI=1S/C71H135NO18/c1-3-5-7-9-11-13-15-16-17-18-19-20-21-22-23-24-25-26-27-28-29-30-31-32-33-34-35-36-37-38-39-41-43-45-47-49-59(77)72-54(55(76)48-46-44-42-40-14-12-10-8-6-4-2)53-85-69-65(83)62(80)67(57(51-74)87-69)90-71-66(84)63(81)68(58(52-75)88-71)89-70-64(82)61(79)60(78)56(50-73)86-70/h18-19,54-58,60-71,73-76,78-84H,3-17,20-53H2,1-2H3,(H,72,77)/b19-18-. The van der Waals surface area contributed by atoms with E-state index in [1.165, 1.54) is 225 Å². The van der Waals surface area contributed by atoms with Gasteiger partial charge in [-0.15, -0.1) is 0 Å². The van der Waals surface area contributed by atoms with E-state index in [9.17, 15) is 61.0 Å². The summed E-state index contributed by atoms with van der Waals surface area (Å²) in [5.74, 6) is -0.239. The summed E-state index contributed by atoms with van der Waals surface area (Å²) in [4.78, 5) is 13.4. The number of carbonyl (C=O) groups excluding carboxylic acids is 1. The van der Waals surface area contributed by atoms with Crippen LogP contribution in [0.3, 0.4) is 0 Å². The highest BCUT2D eigenvalue weighted by Gasteiger charge is 2.53. The van der Waals surface area contributed by atoms with Crippen LogP contribution in [0.25, 0.3) is 0 Å². The van der Waals surface area contributed by atoms with Gasteiger partial charge in [-0.05, 0) is 38.5 Å². The molecule has 0 aromatic rings. The van der Waals surface area contributed by atoms with Crippen molar-refractivity contribution in [2.24, 2.45) is 0 Å². The molecule has 3 fully saturated rings. The molecule has 0 radical (unpaired) electrons. The molecule has 3 saturated heterocycles. The van der Waals surface area contributed by atoms with Gasteiger partial charge in [0.05, 0.1) is 38.6 Å². The number of aliphatic hydroxyl groups is 11. The normalized spacial score (nSPS) is 28.0. The Labute approximate surface area is 544 Å². The number of allylic oxidation sites excluding steroid dienone is 2. The van der Waals surface area contributed by atoms with Crippen molar-refractivity contribution in [1.82, 2.24) is 5.32 Å². The van der Waals surface area contributed by atoms with Crippen molar-refractivity contribution in [1.29, 1.82) is 0 Å². The molecule has 17 unspecified atom stereocenters. The van der Waals surface area contributed by atoms with Crippen LogP contribution < -0.4 is 5.32 Å². The van der Waals surface area contributed by atoms with Crippen molar-refractivity contribution in [3.63, 3.8) is 0 Å². The summed E-state index contributed by atoms with van der Waals surface area (Å²) < 4.78 is 34.4. The Morgan fingerprint density at radius 1 is 0.389 bits per heavy atom. The third-order valence-corrected chi connectivity index (χ3v) is 18.8. The smallest absolute Gasteiger partial charge is 0.220 e. The molecule has 532 valence electrons. The van der Waals surface area contributed by atoms with Gasteiger partial charge in [-0.1, -0.05) is 270 Å². The predicted octanol–water partition coefficient (Wildman–Crippen LogP) is 10.4. The number of carbonyl (C=O) groups is 1. The van der Waals surface area contributed by atoms with Crippen LogP contribution in [0.2, 0.25) is 0 Å². The van der Waals surface area contributed by atoms with Crippen LogP contribution in [0.4, 0.5) is 0 Å². The third-order valence-electron chi connectivity index (χ3n) is 18.8. The van der Waals surface area contributed by atoms with Gasteiger partial charge in [-0.3, -0.25) is 4.79 Å². The van der Waals surface area contributed by atoms with Gasteiger partial charge in [0.1, 0.15) is 73.2 Å². The summed E-state index contributed by atoms with van der Waals surface area (Å²) in [6.45, 7) is 1.80. The summed E-state index contributed by atoms with van der Waals surface area (Å²) >= 11 is 0. The molecule has 0 bridgehead atoms. The maximum absolute atomic E-state index is 13.4. The molecular weight excluding hydrogens is 1150 g/mol. The first-order chi connectivity index (χ1) is 43.8. The highest BCUT2D eigenvalue weighted by atomic mass is 16.8. The molecule has 0 spiro atoms. The second kappa shape index (κ2) is 53.6. The summed E-state index contributed by atoms with van der Waals surface area (Å²) in [7, 11) is 0. The Bertz CT molecular complexity index is 1680. The minimum Gasteiger partial charge on any atom is -0.394 e. The predicted molar refractivity (Wildman–Crippen MR) is 351 cm³/mol. The van der Waals surface area contributed by atoms with E-state index in [0.717, 1.165) is 44.9 Å². The average molecular weight is 1290 g/mol. The minimum absolute atomic E-state index is 0.239. The van der Waals surface area contributed by atoms with E-state index in [4.69, 9.17) is 28.4 Å². The minimum atomic E-state index is -1.97. The van der Waals surface area contributed by atoms with Gasteiger partial charge in [-0.25, -0.2) is 0 Å². The topological polar surface area (TPSA) is 307 Å². The lowest BCUT2D eigenvalue weighted by Gasteiger charge is -2.48. The van der Waals surface area contributed by atoms with Crippen molar-refractivity contribution in [2.75, 3.05) is 26.4 Å². The molecule has 0 saturated carbocycles. The van der Waals surface area contributed by atoms with Crippen molar-refractivity contribution in [3.05, 3.63) is 12.2 Å². The van der Waals surface area contributed by atoms with Gasteiger partial charge in [0.15, 0.2) is 18.9 Å². The molecule has 1 amide bonds. The van der Waals surface area contributed by atoms with Crippen molar-refractivity contribution < 1.29 is 89.4 Å². The lowest BCUT2D eigenvalue weighted by molar-refractivity contribution is -0.379. The highest BCUT2D eigenvalue weighted by Crippen LogP contribution is 2.33. The monoisotopic (exact) mass is 1290 g/mol. The maximum Gasteiger partial charge on any atom is 0.220 e. The number of amides is 1. The molecule has 3 aliphatic heterocycles. The van der Waals surface area contributed by atoms with E-state index in [2.05, 4.69) is 31.3 Å². The number of hydrogen-bond acceptors (Lipinski definition) is 18. The van der Waals surface area contributed by atoms with Crippen molar-refractivity contribution >= 4 is 5.91 Å². The second-order valence-electron chi connectivity index (χ2n) is 26.8. The molecular formula is C71H135NO18. The van der Waals surface area contributed by atoms with Crippen LogP contribution in [0.15, 0.2) is 12.2 Å². The van der Waals surface area contributed by atoms with Crippen LogP contribution in [0, 0.1) is 0 Å². The van der Waals surface area contributed by atoms with Crippen LogP contribution in [-0.2, 0) is 33.2 Å². The quantitative estimate of drug-likeness (QED) is 0.0199.